The molecule has 20 heavy (non-hydrogen) atoms. The van der Waals surface area contributed by atoms with Gasteiger partial charge < -0.3 is 20.9 Å². The predicted molar refractivity (Wildman–Crippen MR) is 73.0 cm³/mol. The molecule has 2 aromatic rings. The summed E-state index contributed by atoms with van der Waals surface area (Å²) in [6.45, 7) is 0.607. The van der Waals surface area contributed by atoms with E-state index in [1.54, 1.807) is 6.20 Å². The fraction of sp³-hybridized carbons (Fsp3) is 0.500. The summed E-state index contributed by atoms with van der Waals surface area (Å²) in [7, 11) is 0. The number of aliphatic hydroxyl groups is 2. The summed E-state index contributed by atoms with van der Waals surface area (Å²) in [6.07, 6.45) is 2.49. The van der Waals surface area contributed by atoms with Crippen LogP contribution in [0.1, 0.15) is 12.0 Å². The van der Waals surface area contributed by atoms with Gasteiger partial charge in [0.25, 0.3) is 5.56 Å². The highest BCUT2D eigenvalue weighted by Gasteiger charge is 2.37. The van der Waals surface area contributed by atoms with E-state index in [0.29, 0.717) is 17.6 Å². The molecule has 0 aromatic carbocycles. The highest BCUT2D eigenvalue weighted by atomic mass is 16.3. The van der Waals surface area contributed by atoms with E-state index in [4.69, 9.17) is 5.73 Å². The third kappa shape index (κ3) is 1.98. The van der Waals surface area contributed by atoms with Gasteiger partial charge in [0.2, 0.25) is 5.95 Å². The van der Waals surface area contributed by atoms with E-state index in [1.807, 2.05) is 4.90 Å². The van der Waals surface area contributed by atoms with Crippen LogP contribution in [0.25, 0.3) is 11.0 Å². The summed E-state index contributed by atoms with van der Waals surface area (Å²) >= 11 is 0. The van der Waals surface area contributed by atoms with Gasteiger partial charge in [0.15, 0.2) is 0 Å². The Labute approximate surface area is 114 Å². The number of anilines is 1. The van der Waals surface area contributed by atoms with Crippen molar-refractivity contribution in [3.63, 3.8) is 0 Å². The third-order valence-corrected chi connectivity index (χ3v) is 3.89. The molecular formula is C12H17N5O3. The Morgan fingerprint density at radius 3 is 2.75 bits per heavy atom. The molecule has 1 saturated heterocycles. The van der Waals surface area contributed by atoms with Gasteiger partial charge in [0.1, 0.15) is 11.0 Å². The van der Waals surface area contributed by atoms with E-state index in [9.17, 15) is 15.0 Å². The van der Waals surface area contributed by atoms with Gasteiger partial charge in [0.05, 0.1) is 13.2 Å². The van der Waals surface area contributed by atoms with Crippen molar-refractivity contribution < 1.29 is 10.2 Å². The highest BCUT2D eigenvalue weighted by molar-refractivity contribution is 5.78. The Morgan fingerprint density at radius 2 is 2.10 bits per heavy atom. The van der Waals surface area contributed by atoms with Gasteiger partial charge in [-0.15, -0.1) is 0 Å². The lowest BCUT2D eigenvalue weighted by atomic mass is 9.93. The van der Waals surface area contributed by atoms with Gasteiger partial charge in [-0.1, -0.05) is 0 Å². The van der Waals surface area contributed by atoms with Crippen LogP contribution in [0.3, 0.4) is 0 Å². The van der Waals surface area contributed by atoms with Crippen molar-refractivity contribution in [2.75, 3.05) is 18.9 Å². The Hall–Kier alpha value is -1.90. The number of aromatic amines is 2. The number of hydrogen-bond donors (Lipinski definition) is 5. The van der Waals surface area contributed by atoms with Crippen LogP contribution in [-0.2, 0) is 6.54 Å². The average molecular weight is 279 g/mol. The monoisotopic (exact) mass is 279 g/mol. The minimum Gasteiger partial charge on any atom is -0.395 e. The van der Waals surface area contributed by atoms with E-state index >= 15 is 0 Å². The third-order valence-electron chi connectivity index (χ3n) is 3.89. The Morgan fingerprint density at radius 1 is 1.40 bits per heavy atom. The molecule has 3 rings (SSSR count). The van der Waals surface area contributed by atoms with Crippen molar-refractivity contribution in [3.8, 4) is 0 Å². The van der Waals surface area contributed by atoms with Crippen LogP contribution in [0, 0.1) is 0 Å². The summed E-state index contributed by atoms with van der Waals surface area (Å²) in [6, 6.07) is 0.0767. The number of fused-ring (bicyclic) bond motifs is 1. The molecule has 2 atom stereocenters. The first-order valence-electron chi connectivity index (χ1n) is 6.47. The number of H-pyrrole nitrogens is 2. The minimum atomic E-state index is -0.306. The number of nitrogens with zero attached hydrogens (tertiary/aromatic N) is 2. The first-order valence-corrected chi connectivity index (χ1v) is 6.47. The van der Waals surface area contributed by atoms with Crippen molar-refractivity contribution >= 4 is 17.0 Å². The van der Waals surface area contributed by atoms with Gasteiger partial charge in [-0.3, -0.25) is 14.7 Å². The summed E-state index contributed by atoms with van der Waals surface area (Å²) < 4.78 is 0. The maximum Gasteiger partial charge on any atom is 0.276 e. The van der Waals surface area contributed by atoms with E-state index in [1.165, 1.54) is 0 Å². The number of likely N-dealkylation sites (tertiary alicyclic amines) is 1. The first-order chi connectivity index (χ1) is 9.63. The normalized spacial score (nSPS) is 23.1. The second kappa shape index (κ2) is 4.89. The number of nitrogens with two attached hydrogens (primary N) is 1. The number of rotatable bonds is 4. The molecule has 0 saturated carbocycles. The molecule has 108 valence electrons. The zero-order chi connectivity index (χ0) is 14.3. The maximum absolute atomic E-state index is 11.7. The second-order valence-electron chi connectivity index (χ2n) is 5.07. The Balaban J connectivity index is 1.93. The van der Waals surface area contributed by atoms with E-state index < -0.39 is 0 Å². The van der Waals surface area contributed by atoms with Gasteiger partial charge in [-0.25, -0.2) is 4.98 Å². The lowest BCUT2D eigenvalue weighted by molar-refractivity contribution is -0.0472. The number of nitrogen functional groups attached to an aromatic ring is 1. The molecule has 0 bridgehead atoms. The predicted octanol–water partition coefficient (Wildman–Crippen LogP) is -1.24. The number of nitrogens with one attached hydrogen (secondary N) is 2. The number of hydrogen-bond acceptors (Lipinski definition) is 6. The number of aliphatic hydroxyl groups excluding tert-OH is 2. The molecule has 8 heteroatoms. The van der Waals surface area contributed by atoms with Gasteiger partial charge in [0, 0.05) is 30.4 Å². The van der Waals surface area contributed by atoms with Crippen molar-refractivity contribution in [2.24, 2.45) is 0 Å². The molecule has 1 aliphatic rings. The van der Waals surface area contributed by atoms with E-state index in [0.717, 1.165) is 12.0 Å². The lowest BCUT2D eigenvalue weighted by Crippen LogP contribution is -2.58. The molecule has 1 fully saturated rings. The van der Waals surface area contributed by atoms with Crippen LogP contribution in [-0.4, -0.2) is 55.4 Å². The topological polar surface area (TPSA) is 131 Å². The standard InChI is InChI=1S/C12H17N5O3/c13-12-15-9-6(2-14-10(9)11(20)16-12)3-17-7(4-18)1-8(17)5-19/h2,7-8,14,18-19H,1,3-5H2,(H3,13,15,16,20)/t7-,8-/m0/s1. The smallest absolute Gasteiger partial charge is 0.276 e. The fourth-order valence-corrected chi connectivity index (χ4v) is 2.76. The molecule has 0 spiro atoms. The molecular weight excluding hydrogens is 262 g/mol. The van der Waals surface area contributed by atoms with Crippen molar-refractivity contribution in [1.82, 2.24) is 19.9 Å². The Kier molecular flexibility index (Phi) is 3.20. The van der Waals surface area contributed by atoms with Crippen LogP contribution in [0.5, 0.6) is 0 Å². The van der Waals surface area contributed by atoms with Crippen molar-refractivity contribution in [3.05, 3.63) is 22.1 Å². The molecule has 6 N–H and O–H groups in total. The number of aromatic nitrogens is 3. The zero-order valence-corrected chi connectivity index (χ0v) is 10.8. The van der Waals surface area contributed by atoms with Crippen LogP contribution in [0.4, 0.5) is 5.95 Å². The average Bonchev–Trinajstić information content (AvgIpc) is 2.79. The zero-order valence-electron chi connectivity index (χ0n) is 10.8. The van der Waals surface area contributed by atoms with E-state index in [-0.39, 0.29) is 36.8 Å². The SMILES string of the molecule is Nc1nc2c(CN3[C@H](CO)C[C@H]3CO)c[nH]c2c(=O)[nH]1. The van der Waals surface area contributed by atoms with Crippen LogP contribution < -0.4 is 11.3 Å². The molecule has 1 aliphatic heterocycles. The maximum atomic E-state index is 11.7. The highest BCUT2D eigenvalue weighted by Crippen LogP contribution is 2.28. The second-order valence-corrected chi connectivity index (χ2v) is 5.07. The Bertz CT molecular complexity index is 669. The van der Waals surface area contributed by atoms with Crippen molar-refractivity contribution in [1.29, 1.82) is 0 Å². The molecule has 0 radical (unpaired) electrons. The lowest BCUT2D eigenvalue weighted by Gasteiger charge is -2.47. The van der Waals surface area contributed by atoms with E-state index in [2.05, 4.69) is 15.0 Å². The largest absolute Gasteiger partial charge is 0.395 e. The van der Waals surface area contributed by atoms with Gasteiger partial charge in [-0.05, 0) is 6.42 Å². The molecule has 8 nitrogen and oxygen atoms in total. The fourth-order valence-electron chi connectivity index (χ4n) is 2.76. The van der Waals surface area contributed by atoms with Crippen LogP contribution >= 0.6 is 0 Å². The quantitative estimate of drug-likeness (QED) is 0.476. The van der Waals surface area contributed by atoms with Gasteiger partial charge in [-0.2, -0.15) is 0 Å². The van der Waals surface area contributed by atoms with Crippen LogP contribution in [0.2, 0.25) is 0 Å². The summed E-state index contributed by atoms with van der Waals surface area (Å²) in [5.41, 5.74) is 7.00. The summed E-state index contributed by atoms with van der Waals surface area (Å²) in [5, 5.41) is 18.6. The minimum absolute atomic E-state index is 0.0384. The van der Waals surface area contributed by atoms with Crippen LogP contribution in [0.15, 0.2) is 11.0 Å². The molecule has 2 aromatic heterocycles. The van der Waals surface area contributed by atoms with Crippen molar-refractivity contribution in [2.45, 2.75) is 25.0 Å². The molecule has 0 aliphatic carbocycles. The molecule has 0 amide bonds. The first kappa shape index (κ1) is 13.1. The molecule has 3 heterocycles. The molecule has 0 unspecified atom stereocenters. The summed E-state index contributed by atoms with van der Waals surface area (Å²) in [5.74, 6) is 0.0735. The summed E-state index contributed by atoms with van der Waals surface area (Å²) in [4.78, 5) is 23.2. The van der Waals surface area contributed by atoms with Gasteiger partial charge >= 0.3 is 0 Å².